The van der Waals surface area contributed by atoms with Crippen molar-refractivity contribution in [3.8, 4) is 5.75 Å². The van der Waals surface area contributed by atoms with E-state index < -0.39 is 4.92 Å². The first kappa shape index (κ1) is 19.3. The highest BCUT2D eigenvalue weighted by Crippen LogP contribution is 2.23. The lowest BCUT2D eigenvalue weighted by atomic mass is 10.2. The zero-order valence-corrected chi connectivity index (χ0v) is 16.0. The maximum Gasteiger partial charge on any atom is 0.270 e. The highest BCUT2D eigenvalue weighted by Gasteiger charge is 2.15. The first-order valence-electron chi connectivity index (χ1n) is 8.47. The molecule has 0 aliphatic heterocycles. The molecule has 3 aromatic rings. The van der Waals surface area contributed by atoms with Gasteiger partial charge >= 0.3 is 0 Å². The van der Waals surface area contributed by atoms with E-state index in [9.17, 15) is 14.9 Å². The number of methoxy groups -OCH3 is 1. The largest absolute Gasteiger partial charge is 0.497 e. The fourth-order valence-corrected chi connectivity index (χ4v) is 3.31. The number of carbonyl (C=O) groups excluding carboxylic acids is 1. The molecule has 3 rings (SSSR count). The number of ether oxygens (including phenoxy) is 1. The summed E-state index contributed by atoms with van der Waals surface area (Å²) in [6.07, 6.45) is 3.01. The number of thiophene rings is 1. The summed E-state index contributed by atoms with van der Waals surface area (Å²) < 4.78 is 5.18. The van der Waals surface area contributed by atoms with Crippen molar-refractivity contribution in [3.05, 3.63) is 92.7 Å². The first-order valence-corrected chi connectivity index (χ1v) is 9.35. The Balaban J connectivity index is 1.85. The Bertz CT molecular complexity index is 982. The van der Waals surface area contributed by atoms with Gasteiger partial charge in [0.15, 0.2) is 0 Å². The van der Waals surface area contributed by atoms with Crippen LogP contribution in [0.15, 0.2) is 72.1 Å². The number of hydrogen-bond acceptors (Lipinski definition) is 5. The quantitative estimate of drug-likeness (QED) is 0.324. The Hall–Kier alpha value is -3.45. The number of rotatable bonds is 7. The molecule has 142 valence electrons. The molecule has 0 aliphatic rings. The predicted octanol–water partition coefficient (Wildman–Crippen LogP) is 4.91. The van der Waals surface area contributed by atoms with Gasteiger partial charge in [0.1, 0.15) is 5.75 Å². The highest BCUT2D eigenvalue weighted by molar-refractivity contribution is 7.09. The van der Waals surface area contributed by atoms with Gasteiger partial charge in [0.2, 0.25) is 0 Å². The SMILES string of the molecule is COc1ccc(N(Cc2cccs2)C(=O)/C=C/c2cccc([N+](=O)[O-])c2)cc1. The molecular formula is C21H18N2O4S. The van der Waals surface area contributed by atoms with Crippen molar-refractivity contribution in [1.29, 1.82) is 0 Å². The number of nitrogens with zero attached hydrogens (tertiary/aromatic N) is 2. The standard InChI is InChI=1S/C21H18N2O4S/c1-27-19-10-8-17(9-11-19)22(15-20-6-3-13-28-20)21(24)12-7-16-4-2-5-18(14-16)23(25)26/h2-14H,15H2,1H3/b12-7+. The minimum absolute atomic E-state index is 0.0137. The molecule has 6 nitrogen and oxygen atoms in total. The Labute approximate surface area is 166 Å². The van der Waals surface area contributed by atoms with Crippen LogP contribution >= 0.6 is 11.3 Å². The van der Waals surface area contributed by atoms with Crippen molar-refractivity contribution in [3.63, 3.8) is 0 Å². The van der Waals surface area contributed by atoms with Crippen LogP contribution in [0, 0.1) is 10.1 Å². The predicted molar refractivity (Wildman–Crippen MR) is 111 cm³/mol. The Morgan fingerprint density at radius 1 is 1.18 bits per heavy atom. The molecule has 0 saturated heterocycles. The van der Waals surface area contributed by atoms with Crippen LogP contribution in [0.2, 0.25) is 0 Å². The number of benzene rings is 2. The first-order chi connectivity index (χ1) is 13.6. The van der Waals surface area contributed by atoms with Gasteiger partial charge in [-0.15, -0.1) is 11.3 Å². The van der Waals surface area contributed by atoms with Crippen LogP contribution in [0.3, 0.4) is 0 Å². The molecule has 0 aliphatic carbocycles. The third kappa shape index (κ3) is 4.83. The number of non-ortho nitro benzene ring substituents is 1. The number of hydrogen-bond donors (Lipinski definition) is 0. The average Bonchev–Trinajstić information content (AvgIpc) is 3.24. The third-order valence-electron chi connectivity index (χ3n) is 4.04. The summed E-state index contributed by atoms with van der Waals surface area (Å²) >= 11 is 1.57. The van der Waals surface area contributed by atoms with Gasteiger partial charge in [0.25, 0.3) is 11.6 Å². The molecule has 0 fully saturated rings. The van der Waals surface area contributed by atoms with Crippen molar-refractivity contribution >= 4 is 34.7 Å². The monoisotopic (exact) mass is 394 g/mol. The van der Waals surface area contributed by atoms with Crippen LogP contribution in [-0.2, 0) is 11.3 Å². The number of amides is 1. The van der Waals surface area contributed by atoms with Crippen molar-refractivity contribution < 1.29 is 14.5 Å². The normalized spacial score (nSPS) is 10.8. The zero-order chi connectivity index (χ0) is 19.9. The van der Waals surface area contributed by atoms with E-state index in [-0.39, 0.29) is 11.6 Å². The molecule has 0 atom stereocenters. The van der Waals surface area contributed by atoms with Crippen LogP contribution in [0.4, 0.5) is 11.4 Å². The van der Waals surface area contributed by atoms with Crippen LogP contribution in [0.1, 0.15) is 10.4 Å². The summed E-state index contributed by atoms with van der Waals surface area (Å²) in [5.74, 6) is 0.490. The van der Waals surface area contributed by atoms with Crippen molar-refractivity contribution in [2.45, 2.75) is 6.54 Å². The van der Waals surface area contributed by atoms with Crippen molar-refractivity contribution in [1.82, 2.24) is 0 Å². The minimum Gasteiger partial charge on any atom is -0.497 e. The van der Waals surface area contributed by atoms with Crippen LogP contribution in [0.5, 0.6) is 5.75 Å². The average molecular weight is 394 g/mol. The summed E-state index contributed by atoms with van der Waals surface area (Å²) in [6, 6.07) is 17.3. The van der Waals surface area contributed by atoms with E-state index in [0.717, 1.165) is 10.6 Å². The Morgan fingerprint density at radius 3 is 2.61 bits per heavy atom. The maximum atomic E-state index is 12.9. The number of carbonyl (C=O) groups is 1. The van der Waals surface area contributed by atoms with Gasteiger partial charge in [-0.25, -0.2) is 0 Å². The summed E-state index contributed by atoms with van der Waals surface area (Å²) in [4.78, 5) is 26.0. The lowest BCUT2D eigenvalue weighted by molar-refractivity contribution is -0.384. The second kappa shape index (κ2) is 8.96. The van der Waals surface area contributed by atoms with Gasteiger partial charge in [0, 0.05) is 28.8 Å². The summed E-state index contributed by atoms with van der Waals surface area (Å²) in [7, 11) is 1.59. The second-order valence-corrected chi connectivity index (χ2v) is 6.92. The number of anilines is 1. The van der Waals surface area contributed by atoms with Gasteiger partial charge in [-0.05, 0) is 47.4 Å². The molecule has 0 bridgehead atoms. The lowest BCUT2D eigenvalue weighted by Gasteiger charge is -2.21. The molecule has 0 unspecified atom stereocenters. The molecule has 0 saturated carbocycles. The number of nitro benzene ring substituents is 1. The van der Waals surface area contributed by atoms with Crippen LogP contribution in [0.25, 0.3) is 6.08 Å². The van der Waals surface area contributed by atoms with E-state index in [1.54, 1.807) is 53.7 Å². The molecule has 7 heteroatoms. The third-order valence-corrected chi connectivity index (χ3v) is 4.90. The van der Waals surface area contributed by atoms with E-state index in [1.165, 1.54) is 18.2 Å². The van der Waals surface area contributed by atoms with E-state index in [4.69, 9.17) is 4.74 Å². The molecule has 1 aromatic heterocycles. The lowest BCUT2D eigenvalue weighted by Crippen LogP contribution is -2.28. The molecular weight excluding hydrogens is 376 g/mol. The maximum absolute atomic E-state index is 12.9. The van der Waals surface area contributed by atoms with Crippen LogP contribution in [-0.4, -0.2) is 17.9 Å². The van der Waals surface area contributed by atoms with E-state index in [1.807, 2.05) is 29.6 Å². The highest BCUT2D eigenvalue weighted by atomic mass is 32.1. The van der Waals surface area contributed by atoms with E-state index in [2.05, 4.69) is 0 Å². The molecule has 1 amide bonds. The molecule has 0 N–H and O–H groups in total. The Kier molecular flexibility index (Phi) is 6.18. The zero-order valence-electron chi connectivity index (χ0n) is 15.1. The van der Waals surface area contributed by atoms with Crippen LogP contribution < -0.4 is 9.64 Å². The van der Waals surface area contributed by atoms with Crippen molar-refractivity contribution in [2.24, 2.45) is 0 Å². The summed E-state index contributed by atoms with van der Waals surface area (Å²) in [5.41, 5.74) is 1.32. The fraction of sp³-hybridized carbons (Fsp3) is 0.0952. The molecule has 0 spiro atoms. The van der Waals surface area contributed by atoms with E-state index >= 15 is 0 Å². The van der Waals surface area contributed by atoms with Gasteiger partial charge < -0.3 is 9.64 Å². The van der Waals surface area contributed by atoms with Gasteiger partial charge in [-0.1, -0.05) is 18.2 Å². The van der Waals surface area contributed by atoms with Gasteiger partial charge in [-0.3, -0.25) is 14.9 Å². The van der Waals surface area contributed by atoms with Gasteiger partial charge in [-0.2, -0.15) is 0 Å². The molecule has 1 heterocycles. The fourth-order valence-electron chi connectivity index (χ4n) is 2.62. The van der Waals surface area contributed by atoms with Gasteiger partial charge in [0.05, 0.1) is 18.6 Å². The molecule has 28 heavy (non-hydrogen) atoms. The molecule has 0 radical (unpaired) electrons. The molecule has 2 aromatic carbocycles. The second-order valence-electron chi connectivity index (χ2n) is 5.89. The number of nitro groups is 1. The van der Waals surface area contributed by atoms with Crippen molar-refractivity contribution in [2.75, 3.05) is 12.0 Å². The van der Waals surface area contributed by atoms with E-state index in [0.29, 0.717) is 17.9 Å². The minimum atomic E-state index is -0.459. The summed E-state index contributed by atoms with van der Waals surface area (Å²) in [6.45, 7) is 0.433. The topological polar surface area (TPSA) is 72.7 Å². The smallest absolute Gasteiger partial charge is 0.270 e. The Morgan fingerprint density at radius 2 is 1.96 bits per heavy atom. The summed E-state index contributed by atoms with van der Waals surface area (Å²) in [5, 5.41) is 12.9.